The van der Waals surface area contributed by atoms with E-state index < -0.39 is 0 Å². The molecule has 0 unspecified atom stereocenters. The zero-order valence-corrected chi connectivity index (χ0v) is 6.13. The Morgan fingerprint density at radius 3 is 2.82 bits per heavy atom. The van der Waals surface area contributed by atoms with E-state index in [1.807, 2.05) is 6.07 Å². The number of halogens is 1. The molecular weight excluding hydrogens is 140 g/mol. The highest BCUT2D eigenvalue weighted by Crippen LogP contribution is 1.97. The van der Waals surface area contributed by atoms with Crippen LogP contribution in [0.3, 0.4) is 0 Å². The molecule has 0 bridgehead atoms. The molecule has 0 saturated carbocycles. The molecule has 0 spiro atoms. The zero-order chi connectivity index (χ0) is 8.27. The highest BCUT2D eigenvalue weighted by Gasteiger charge is 2.00. The van der Waals surface area contributed by atoms with Gasteiger partial charge in [-0.25, -0.2) is 4.39 Å². The number of nitriles is 1. The minimum Gasteiger partial charge on any atom is -0.207 e. The van der Waals surface area contributed by atoms with Gasteiger partial charge < -0.3 is 0 Å². The van der Waals surface area contributed by atoms with E-state index in [4.69, 9.17) is 5.26 Å². The van der Waals surface area contributed by atoms with E-state index in [2.05, 4.69) is 0 Å². The second kappa shape index (κ2) is 3.20. The molecule has 0 aliphatic heterocycles. The number of hydrogen-bond donors (Lipinski definition) is 0. The molecule has 0 aliphatic rings. The maximum absolute atomic E-state index is 12.5. The lowest BCUT2D eigenvalue weighted by molar-refractivity contribution is 0.629. The lowest BCUT2D eigenvalue weighted by Crippen LogP contribution is -2.15. The van der Waals surface area contributed by atoms with Crippen molar-refractivity contribution < 1.29 is 4.39 Å². The average Bonchev–Trinajstić information content (AvgIpc) is 2.04. The maximum atomic E-state index is 12.5. The van der Waals surface area contributed by atoms with E-state index in [0.717, 1.165) is 0 Å². The van der Waals surface area contributed by atoms with Crippen LogP contribution in [0.4, 0.5) is 4.39 Å². The SMILES string of the molecule is C[B]c1cc(F)ccc1C#N. The Kier molecular flexibility index (Phi) is 2.27. The summed E-state index contributed by atoms with van der Waals surface area (Å²) in [6.07, 6.45) is 0. The van der Waals surface area contributed by atoms with Crippen molar-refractivity contribution in [3.05, 3.63) is 29.6 Å². The first-order valence-electron chi connectivity index (χ1n) is 3.27. The molecule has 0 saturated heterocycles. The van der Waals surface area contributed by atoms with E-state index >= 15 is 0 Å². The van der Waals surface area contributed by atoms with Gasteiger partial charge in [0.1, 0.15) is 13.1 Å². The first-order valence-corrected chi connectivity index (χ1v) is 3.27. The van der Waals surface area contributed by atoms with E-state index in [9.17, 15) is 4.39 Å². The Labute approximate surface area is 65.7 Å². The van der Waals surface area contributed by atoms with Gasteiger partial charge >= 0.3 is 0 Å². The molecule has 3 heteroatoms. The van der Waals surface area contributed by atoms with Gasteiger partial charge in [0, 0.05) is 5.56 Å². The van der Waals surface area contributed by atoms with Crippen LogP contribution in [0.25, 0.3) is 0 Å². The molecule has 1 rings (SSSR count). The Hall–Kier alpha value is -1.30. The van der Waals surface area contributed by atoms with E-state index in [-0.39, 0.29) is 5.82 Å². The van der Waals surface area contributed by atoms with Crippen molar-refractivity contribution in [3.63, 3.8) is 0 Å². The van der Waals surface area contributed by atoms with Gasteiger partial charge in [0.15, 0.2) is 0 Å². The lowest BCUT2D eigenvalue weighted by Gasteiger charge is -1.97. The van der Waals surface area contributed by atoms with Gasteiger partial charge in [0.2, 0.25) is 0 Å². The Morgan fingerprint density at radius 1 is 1.55 bits per heavy atom. The van der Waals surface area contributed by atoms with Crippen LogP contribution in [0.15, 0.2) is 18.2 Å². The third kappa shape index (κ3) is 1.59. The van der Waals surface area contributed by atoms with Crippen molar-refractivity contribution in [1.82, 2.24) is 0 Å². The van der Waals surface area contributed by atoms with Gasteiger partial charge in [-0.05, 0) is 18.2 Å². The molecular formula is C8H6BFN. The fourth-order valence-electron chi connectivity index (χ4n) is 0.874. The van der Waals surface area contributed by atoms with Crippen molar-refractivity contribution in [2.24, 2.45) is 0 Å². The van der Waals surface area contributed by atoms with Crippen LogP contribution in [-0.2, 0) is 0 Å². The fourth-order valence-corrected chi connectivity index (χ4v) is 0.874. The molecule has 1 nitrogen and oxygen atoms in total. The molecule has 11 heavy (non-hydrogen) atoms. The monoisotopic (exact) mass is 146 g/mol. The van der Waals surface area contributed by atoms with Crippen LogP contribution in [0.2, 0.25) is 6.82 Å². The van der Waals surface area contributed by atoms with Gasteiger partial charge in [0.05, 0.1) is 6.07 Å². The van der Waals surface area contributed by atoms with Crippen LogP contribution < -0.4 is 5.46 Å². The molecule has 0 N–H and O–H groups in total. The normalized spacial score (nSPS) is 8.82. The van der Waals surface area contributed by atoms with Gasteiger partial charge in [0.25, 0.3) is 0 Å². The molecule has 1 aromatic rings. The highest BCUT2D eigenvalue weighted by molar-refractivity contribution is 6.52. The second-order valence-corrected chi connectivity index (χ2v) is 2.13. The molecule has 0 aromatic heterocycles. The second-order valence-electron chi connectivity index (χ2n) is 2.13. The zero-order valence-electron chi connectivity index (χ0n) is 6.13. The minimum atomic E-state index is -0.308. The average molecular weight is 146 g/mol. The Balaban J connectivity index is 3.19. The van der Waals surface area contributed by atoms with Gasteiger partial charge in [-0.3, -0.25) is 0 Å². The van der Waals surface area contributed by atoms with Crippen molar-refractivity contribution >= 4 is 12.7 Å². The summed E-state index contributed by atoms with van der Waals surface area (Å²) < 4.78 is 12.5. The van der Waals surface area contributed by atoms with Crippen molar-refractivity contribution in [3.8, 4) is 6.07 Å². The summed E-state index contributed by atoms with van der Waals surface area (Å²) >= 11 is 0. The van der Waals surface area contributed by atoms with E-state index in [0.29, 0.717) is 11.0 Å². The summed E-state index contributed by atoms with van der Waals surface area (Å²) in [7, 11) is 1.71. The molecule has 0 amide bonds. The van der Waals surface area contributed by atoms with Crippen LogP contribution in [0, 0.1) is 17.1 Å². The standard InChI is InChI=1S/C8H6BFN/c1-9-8-4-7(10)3-2-6(8)5-11/h2-4H,1H3. The smallest absolute Gasteiger partial charge is 0.150 e. The third-order valence-corrected chi connectivity index (χ3v) is 1.45. The van der Waals surface area contributed by atoms with Crippen molar-refractivity contribution in [2.45, 2.75) is 6.82 Å². The Morgan fingerprint density at radius 2 is 2.27 bits per heavy atom. The first kappa shape index (κ1) is 7.81. The van der Waals surface area contributed by atoms with Crippen LogP contribution in [0.1, 0.15) is 5.56 Å². The quantitative estimate of drug-likeness (QED) is 0.543. The van der Waals surface area contributed by atoms with Crippen LogP contribution in [-0.4, -0.2) is 7.28 Å². The Bertz CT molecular complexity index is 303. The van der Waals surface area contributed by atoms with E-state index in [1.165, 1.54) is 18.2 Å². The largest absolute Gasteiger partial charge is 0.207 e. The molecule has 0 aliphatic carbocycles. The molecule has 1 aromatic carbocycles. The molecule has 0 atom stereocenters. The van der Waals surface area contributed by atoms with Crippen molar-refractivity contribution in [2.75, 3.05) is 0 Å². The molecule has 0 fully saturated rings. The van der Waals surface area contributed by atoms with Crippen LogP contribution in [0.5, 0.6) is 0 Å². The molecule has 53 valence electrons. The molecule has 0 heterocycles. The topological polar surface area (TPSA) is 23.8 Å². The number of rotatable bonds is 1. The first-order chi connectivity index (χ1) is 5.27. The number of benzene rings is 1. The highest BCUT2D eigenvalue weighted by atomic mass is 19.1. The maximum Gasteiger partial charge on any atom is 0.150 e. The summed E-state index contributed by atoms with van der Waals surface area (Å²) in [5.74, 6) is -0.308. The summed E-state index contributed by atoms with van der Waals surface area (Å²) in [4.78, 5) is 0. The van der Waals surface area contributed by atoms with E-state index in [1.54, 1.807) is 14.1 Å². The summed E-state index contributed by atoms with van der Waals surface area (Å²) in [5, 5.41) is 8.55. The minimum absolute atomic E-state index is 0.308. The summed E-state index contributed by atoms with van der Waals surface area (Å²) in [6, 6.07) is 6.08. The van der Waals surface area contributed by atoms with Crippen molar-refractivity contribution in [1.29, 1.82) is 5.26 Å². The number of nitrogens with zero attached hydrogens (tertiary/aromatic N) is 1. The fraction of sp³-hybridized carbons (Fsp3) is 0.125. The summed E-state index contributed by atoms with van der Waals surface area (Å²) in [6.45, 7) is 1.77. The third-order valence-electron chi connectivity index (χ3n) is 1.45. The number of hydrogen-bond acceptors (Lipinski definition) is 1. The van der Waals surface area contributed by atoms with Gasteiger partial charge in [-0.15, -0.1) is 0 Å². The molecule has 1 radical (unpaired) electrons. The van der Waals surface area contributed by atoms with Crippen LogP contribution >= 0.6 is 0 Å². The lowest BCUT2D eigenvalue weighted by atomic mass is 9.71. The predicted octanol–water partition coefficient (Wildman–Crippen LogP) is 1.07. The predicted molar refractivity (Wildman–Crippen MR) is 42.4 cm³/mol. The summed E-state index contributed by atoms with van der Waals surface area (Å²) in [5.41, 5.74) is 1.15. The van der Waals surface area contributed by atoms with Gasteiger partial charge in [-0.1, -0.05) is 12.3 Å². The van der Waals surface area contributed by atoms with Gasteiger partial charge in [-0.2, -0.15) is 5.26 Å².